The van der Waals surface area contributed by atoms with E-state index in [0.29, 0.717) is 0 Å². The summed E-state index contributed by atoms with van der Waals surface area (Å²) < 4.78 is 42.0. The first-order chi connectivity index (χ1) is 8.38. The van der Waals surface area contributed by atoms with Crippen LogP contribution in [0.3, 0.4) is 0 Å². The molecule has 0 saturated carbocycles. The second-order valence-electron chi connectivity index (χ2n) is 3.69. The van der Waals surface area contributed by atoms with Crippen LogP contribution in [0.5, 0.6) is 0 Å². The van der Waals surface area contributed by atoms with Gasteiger partial charge in [0.1, 0.15) is 0 Å². The Hall–Kier alpha value is -1.84. The summed E-state index contributed by atoms with van der Waals surface area (Å²) in [7, 11) is 0. The Balaban J connectivity index is 2.07. The van der Waals surface area contributed by atoms with Crippen molar-refractivity contribution in [3.63, 3.8) is 0 Å². The van der Waals surface area contributed by atoms with E-state index in [1.807, 2.05) is 0 Å². The number of morpholine rings is 1. The molecular weight excluding hydrogens is 255 g/mol. The largest absolute Gasteiger partial charge is 0.416 e. The third-order valence-electron chi connectivity index (χ3n) is 2.42. The molecule has 2 rings (SSSR count). The van der Waals surface area contributed by atoms with Crippen LogP contribution in [-0.2, 0) is 4.74 Å². The lowest BCUT2D eigenvalue weighted by atomic mass is 10.2. The number of alkyl halides is 3. The molecule has 7 nitrogen and oxygen atoms in total. The normalized spacial score (nSPS) is 21.1. The van der Waals surface area contributed by atoms with E-state index in [1.165, 1.54) is 0 Å². The highest BCUT2D eigenvalue weighted by Crippen LogP contribution is 2.26. The minimum Gasteiger partial charge on any atom is -0.366 e. The van der Waals surface area contributed by atoms with Crippen molar-refractivity contribution in [2.45, 2.75) is 12.3 Å². The maximum Gasteiger partial charge on any atom is 0.416 e. The minimum atomic E-state index is -4.50. The van der Waals surface area contributed by atoms with Crippen LogP contribution in [0.15, 0.2) is 0 Å². The molecule has 1 aliphatic heterocycles. The summed E-state index contributed by atoms with van der Waals surface area (Å²) in [5.41, 5.74) is 5.21. The quantitative estimate of drug-likeness (QED) is 0.732. The number of hydrogen-bond donors (Lipinski definition) is 2. The summed E-state index contributed by atoms with van der Waals surface area (Å²) in [6, 6.07) is 0. The molecule has 100 valence electrons. The molecule has 18 heavy (non-hydrogen) atoms. The van der Waals surface area contributed by atoms with E-state index in [-0.39, 0.29) is 24.9 Å². The first-order valence-electron chi connectivity index (χ1n) is 5.03. The van der Waals surface area contributed by atoms with Crippen molar-refractivity contribution in [1.82, 2.24) is 20.1 Å². The Bertz CT molecular complexity index is 446. The Kier molecular flexibility index (Phi) is 3.11. The van der Waals surface area contributed by atoms with Gasteiger partial charge in [-0.2, -0.15) is 18.2 Å². The topological polar surface area (TPSA) is 97.1 Å². The molecule has 0 radical (unpaired) electrons. The number of ether oxygens (including phenoxy) is 1. The fourth-order valence-electron chi connectivity index (χ4n) is 1.55. The lowest BCUT2D eigenvalue weighted by Gasteiger charge is -2.33. The average molecular weight is 265 g/mol. The summed E-state index contributed by atoms with van der Waals surface area (Å²) in [5, 5.41) is 5.70. The SMILES string of the molecule is Nc1n[nH]c(C(=O)N2CCO[C@H](C(F)(F)F)C2)n1. The maximum absolute atomic E-state index is 12.5. The van der Waals surface area contributed by atoms with Gasteiger partial charge >= 0.3 is 6.18 Å². The summed E-state index contributed by atoms with van der Waals surface area (Å²) in [6.07, 6.45) is -6.48. The zero-order valence-corrected chi connectivity index (χ0v) is 9.07. The number of nitrogens with one attached hydrogen (secondary N) is 1. The molecule has 1 aliphatic rings. The number of nitrogen functional groups attached to an aromatic ring is 1. The number of carbonyl (C=O) groups is 1. The number of amides is 1. The summed E-state index contributed by atoms with van der Waals surface area (Å²) >= 11 is 0. The molecule has 0 aliphatic carbocycles. The highest BCUT2D eigenvalue weighted by atomic mass is 19.4. The number of carbonyl (C=O) groups excluding carboxylic acids is 1. The zero-order chi connectivity index (χ0) is 13.3. The minimum absolute atomic E-state index is 0.0615. The van der Waals surface area contributed by atoms with Crippen LogP contribution >= 0.6 is 0 Å². The molecule has 0 aromatic carbocycles. The van der Waals surface area contributed by atoms with Gasteiger partial charge in [0.05, 0.1) is 13.2 Å². The van der Waals surface area contributed by atoms with Gasteiger partial charge in [-0.1, -0.05) is 0 Å². The molecule has 2 heterocycles. The van der Waals surface area contributed by atoms with Gasteiger partial charge in [-0.15, -0.1) is 5.10 Å². The van der Waals surface area contributed by atoms with E-state index in [2.05, 4.69) is 19.9 Å². The van der Waals surface area contributed by atoms with Gasteiger partial charge in [-0.25, -0.2) is 0 Å². The standard InChI is InChI=1S/C8H10F3N5O2/c9-8(10,11)4-3-16(1-2-18-4)6(17)5-13-7(12)15-14-5/h4H,1-3H2,(H3,12,13,14,15)/t4-/m0/s1. The van der Waals surface area contributed by atoms with E-state index >= 15 is 0 Å². The Morgan fingerprint density at radius 3 is 2.83 bits per heavy atom. The number of nitrogens with two attached hydrogens (primary N) is 1. The number of anilines is 1. The second kappa shape index (κ2) is 4.44. The number of nitrogens with zero attached hydrogens (tertiary/aromatic N) is 3. The van der Waals surface area contributed by atoms with Crippen LogP contribution in [0.1, 0.15) is 10.6 Å². The molecular formula is C8H10F3N5O2. The van der Waals surface area contributed by atoms with Gasteiger partial charge in [0.25, 0.3) is 5.91 Å². The van der Waals surface area contributed by atoms with Crippen LogP contribution in [0.4, 0.5) is 19.1 Å². The monoisotopic (exact) mass is 265 g/mol. The molecule has 1 atom stereocenters. The van der Waals surface area contributed by atoms with Crippen molar-refractivity contribution >= 4 is 11.9 Å². The average Bonchev–Trinajstić information content (AvgIpc) is 2.74. The number of halogens is 3. The highest BCUT2D eigenvalue weighted by Gasteiger charge is 2.44. The predicted molar refractivity (Wildman–Crippen MR) is 52.5 cm³/mol. The molecule has 1 fully saturated rings. The van der Waals surface area contributed by atoms with Gasteiger partial charge in [0, 0.05) is 6.54 Å². The van der Waals surface area contributed by atoms with Crippen LogP contribution in [0.25, 0.3) is 0 Å². The van der Waals surface area contributed by atoms with Crippen molar-refractivity contribution in [2.75, 3.05) is 25.4 Å². The van der Waals surface area contributed by atoms with E-state index < -0.39 is 24.7 Å². The number of aromatic amines is 1. The lowest BCUT2D eigenvalue weighted by molar-refractivity contribution is -0.233. The molecule has 3 N–H and O–H groups in total. The van der Waals surface area contributed by atoms with Gasteiger partial charge < -0.3 is 15.4 Å². The fourth-order valence-corrected chi connectivity index (χ4v) is 1.55. The molecule has 1 aromatic rings. The van der Waals surface area contributed by atoms with Crippen molar-refractivity contribution in [3.05, 3.63) is 5.82 Å². The van der Waals surface area contributed by atoms with Gasteiger partial charge in [0.2, 0.25) is 11.8 Å². The molecule has 1 saturated heterocycles. The first-order valence-corrected chi connectivity index (χ1v) is 5.03. The molecule has 0 bridgehead atoms. The Labute approximate surface area is 99.1 Å². The maximum atomic E-state index is 12.5. The highest BCUT2D eigenvalue weighted by molar-refractivity contribution is 5.90. The van der Waals surface area contributed by atoms with Crippen molar-refractivity contribution in [3.8, 4) is 0 Å². The Morgan fingerprint density at radius 2 is 2.28 bits per heavy atom. The summed E-state index contributed by atoms with van der Waals surface area (Å²) in [6.45, 7) is -0.686. The van der Waals surface area contributed by atoms with Crippen LogP contribution in [0, 0.1) is 0 Å². The second-order valence-corrected chi connectivity index (χ2v) is 3.69. The van der Waals surface area contributed by atoms with Crippen LogP contribution in [-0.4, -0.2) is 58.0 Å². The number of hydrogen-bond acceptors (Lipinski definition) is 5. The number of H-pyrrole nitrogens is 1. The van der Waals surface area contributed by atoms with Crippen LogP contribution < -0.4 is 5.73 Å². The Morgan fingerprint density at radius 1 is 1.56 bits per heavy atom. The molecule has 10 heteroatoms. The molecule has 0 unspecified atom stereocenters. The zero-order valence-electron chi connectivity index (χ0n) is 9.07. The van der Waals surface area contributed by atoms with Crippen molar-refractivity contribution in [2.24, 2.45) is 0 Å². The third kappa shape index (κ3) is 2.53. The van der Waals surface area contributed by atoms with Gasteiger partial charge in [-0.05, 0) is 0 Å². The smallest absolute Gasteiger partial charge is 0.366 e. The lowest BCUT2D eigenvalue weighted by Crippen LogP contribution is -2.51. The fraction of sp³-hybridized carbons (Fsp3) is 0.625. The van der Waals surface area contributed by atoms with Crippen molar-refractivity contribution < 1.29 is 22.7 Å². The van der Waals surface area contributed by atoms with E-state index in [0.717, 1.165) is 4.90 Å². The number of rotatable bonds is 1. The van der Waals surface area contributed by atoms with E-state index in [9.17, 15) is 18.0 Å². The third-order valence-corrected chi connectivity index (χ3v) is 2.42. The molecule has 0 spiro atoms. The molecule has 1 aromatic heterocycles. The number of aromatic nitrogens is 3. The summed E-state index contributed by atoms with van der Waals surface area (Å²) in [5.74, 6) is -1.01. The van der Waals surface area contributed by atoms with Crippen molar-refractivity contribution in [1.29, 1.82) is 0 Å². The predicted octanol–water partition coefficient (Wildman–Crippen LogP) is -0.210. The van der Waals surface area contributed by atoms with E-state index in [1.54, 1.807) is 0 Å². The van der Waals surface area contributed by atoms with Crippen LogP contribution in [0.2, 0.25) is 0 Å². The summed E-state index contributed by atoms with van der Waals surface area (Å²) in [4.78, 5) is 16.4. The first kappa shape index (κ1) is 12.6. The van der Waals surface area contributed by atoms with Gasteiger partial charge in [0.15, 0.2) is 6.10 Å². The van der Waals surface area contributed by atoms with Gasteiger partial charge in [-0.3, -0.25) is 9.89 Å². The molecule has 1 amide bonds. The van der Waals surface area contributed by atoms with E-state index in [4.69, 9.17) is 5.73 Å².